The van der Waals surface area contributed by atoms with Crippen LogP contribution < -0.4 is 0 Å². The third kappa shape index (κ3) is 6.63. The van der Waals surface area contributed by atoms with Crippen LogP contribution in [0.15, 0.2) is 69.5 Å². The second kappa shape index (κ2) is 15.0. The standard InChI is InChI=1S/C56H58N6O2/c1-27-23-39-51-47(31(27)5)57-35(9)43-19-17-20-44(61-43)36(10)59-49-33(7)29(3)25-41-53(49)64-54-42(56(41,15)16)26-30(4)34(8)50(54)60-38(12)46-22-18-21-45(62-46)37(11)58-48-32(6)28(2)24-40(52(48)63-51)55(39,13)14/h17-26H,1-16H3. The van der Waals surface area contributed by atoms with Crippen molar-refractivity contribution in [2.75, 3.05) is 0 Å². The summed E-state index contributed by atoms with van der Waals surface area (Å²) in [7, 11) is 0. The molecule has 0 amide bonds. The van der Waals surface area contributed by atoms with Crippen molar-refractivity contribution in [1.29, 1.82) is 0 Å². The van der Waals surface area contributed by atoms with E-state index in [-0.39, 0.29) is 0 Å². The molecule has 0 fully saturated rings. The van der Waals surface area contributed by atoms with Crippen LogP contribution in [0.3, 0.4) is 0 Å². The molecule has 3 aromatic heterocycles. The number of rotatable bonds is 0. The number of aromatic nitrogens is 6. The zero-order valence-electron chi connectivity index (χ0n) is 40.3. The van der Waals surface area contributed by atoms with E-state index in [9.17, 15) is 0 Å². The van der Waals surface area contributed by atoms with Crippen molar-refractivity contribution in [3.05, 3.63) is 150 Å². The average molecular weight is 847 g/mol. The molecule has 0 aliphatic carbocycles. The zero-order valence-corrected chi connectivity index (χ0v) is 40.3. The van der Waals surface area contributed by atoms with Crippen molar-refractivity contribution in [1.82, 2.24) is 29.9 Å². The average Bonchev–Trinajstić information content (AvgIpc) is 3.25. The molecule has 0 spiro atoms. The van der Waals surface area contributed by atoms with E-state index in [0.717, 1.165) is 156 Å². The number of hydrogen-bond acceptors (Lipinski definition) is 8. The minimum atomic E-state index is -0.417. The second-order valence-corrected chi connectivity index (χ2v) is 19.2. The Morgan fingerprint density at radius 1 is 0.328 bits per heavy atom. The molecule has 8 heteroatoms. The van der Waals surface area contributed by atoms with Crippen LogP contribution in [-0.4, -0.2) is 29.9 Å². The van der Waals surface area contributed by atoms with Crippen molar-refractivity contribution in [3.8, 4) is 0 Å². The molecule has 324 valence electrons. The number of benzene rings is 4. The third-order valence-corrected chi connectivity index (χ3v) is 14.3. The summed E-state index contributed by atoms with van der Waals surface area (Å²) in [6.07, 6.45) is 0. The largest absolute Gasteiger partial charge is 0.452 e. The fraction of sp³-hybridized carbons (Fsp3) is 0.321. The molecule has 64 heavy (non-hydrogen) atoms. The summed E-state index contributed by atoms with van der Waals surface area (Å²) < 4.78 is 14.3. The van der Waals surface area contributed by atoms with Crippen LogP contribution in [0.25, 0.3) is 66.5 Å². The highest BCUT2D eigenvalue weighted by Crippen LogP contribution is 2.46. The van der Waals surface area contributed by atoms with Crippen molar-refractivity contribution < 1.29 is 8.83 Å². The molecule has 4 aromatic carbocycles. The first-order valence-corrected chi connectivity index (χ1v) is 22.3. The Morgan fingerprint density at radius 2 is 0.547 bits per heavy atom. The van der Waals surface area contributed by atoms with Gasteiger partial charge in [-0.05, 0) is 152 Å². The number of pyridine rings is 2. The van der Waals surface area contributed by atoms with Crippen LogP contribution in [-0.2, 0) is 10.8 Å². The summed E-state index contributed by atoms with van der Waals surface area (Å²) in [5.41, 5.74) is 24.5. The van der Waals surface area contributed by atoms with Gasteiger partial charge in [-0.25, -0.2) is 29.9 Å². The molecule has 2 aliphatic rings. The first-order chi connectivity index (χ1) is 30.2. The summed E-state index contributed by atoms with van der Waals surface area (Å²) in [5.74, 6) is 0. The summed E-state index contributed by atoms with van der Waals surface area (Å²) in [5, 5.41) is 0. The van der Waals surface area contributed by atoms with Gasteiger partial charge in [0, 0.05) is 33.1 Å². The lowest BCUT2D eigenvalue weighted by atomic mass is 9.74. The Bertz CT molecular complexity index is 3130. The molecule has 2 aliphatic heterocycles. The molecule has 5 heterocycles. The first-order valence-electron chi connectivity index (χ1n) is 22.3. The quantitative estimate of drug-likeness (QED) is 0.149. The van der Waals surface area contributed by atoms with Crippen LogP contribution in [0, 0.1) is 83.1 Å². The fourth-order valence-corrected chi connectivity index (χ4v) is 9.38. The van der Waals surface area contributed by atoms with Crippen LogP contribution >= 0.6 is 0 Å². The van der Waals surface area contributed by atoms with E-state index in [1.54, 1.807) is 0 Å². The molecule has 8 nitrogen and oxygen atoms in total. The Kier molecular flexibility index (Phi) is 10.0. The zero-order chi connectivity index (χ0) is 45.9. The van der Waals surface area contributed by atoms with E-state index in [1.165, 1.54) is 0 Å². The van der Waals surface area contributed by atoms with Crippen molar-refractivity contribution in [2.24, 2.45) is 0 Å². The number of hydrogen-bond donors (Lipinski definition) is 0. The van der Waals surface area contributed by atoms with Gasteiger partial charge in [0.2, 0.25) is 0 Å². The van der Waals surface area contributed by atoms with Gasteiger partial charge in [0.1, 0.15) is 22.1 Å². The lowest BCUT2D eigenvalue weighted by Crippen LogP contribution is -2.23. The molecule has 0 radical (unpaired) electrons. The van der Waals surface area contributed by atoms with Crippen molar-refractivity contribution >= 4 is 66.5 Å². The predicted octanol–water partition coefficient (Wildman–Crippen LogP) is 14.2. The molecule has 9 rings (SSSR count). The summed E-state index contributed by atoms with van der Waals surface area (Å²) >= 11 is 0. The maximum absolute atomic E-state index is 7.16. The Morgan fingerprint density at radius 3 is 0.766 bits per heavy atom. The summed E-state index contributed by atoms with van der Waals surface area (Å²) in [6, 6.07) is 21.2. The molecule has 0 N–H and O–H groups in total. The molecule has 0 saturated heterocycles. The molecule has 0 atom stereocenters. The molecule has 8 bridgehead atoms. The van der Waals surface area contributed by atoms with E-state index < -0.39 is 10.8 Å². The molecular weight excluding hydrogens is 789 g/mol. The second-order valence-electron chi connectivity index (χ2n) is 19.2. The van der Waals surface area contributed by atoms with E-state index in [2.05, 4.69) is 107 Å². The summed E-state index contributed by atoms with van der Waals surface area (Å²) in [6.45, 7) is 34.2. The van der Waals surface area contributed by atoms with E-state index in [1.807, 2.05) is 64.1 Å². The Hall–Kier alpha value is -6.54. The maximum Gasteiger partial charge on any atom is 0.157 e. The highest BCUT2D eigenvalue weighted by molar-refractivity contribution is 5.92. The van der Waals surface area contributed by atoms with Crippen molar-refractivity contribution in [3.63, 3.8) is 0 Å². The van der Waals surface area contributed by atoms with E-state index in [4.69, 9.17) is 38.7 Å². The topological polar surface area (TPSA) is 104 Å². The van der Waals surface area contributed by atoms with Crippen LogP contribution in [0.1, 0.15) is 117 Å². The highest BCUT2D eigenvalue weighted by atomic mass is 16.3. The van der Waals surface area contributed by atoms with Gasteiger partial charge in [-0.3, -0.25) is 0 Å². The van der Waals surface area contributed by atoms with Gasteiger partial charge < -0.3 is 8.83 Å². The van der Waals surface area contributed by atoms with Gasteiger partial charge in [-0.15, -0.1) is 0 Å². The maximum atomic E-state index is 7.16. The smallest absolute Gasteiger partial charge is 0.157 e. The minimum absolute atomic E-state index is 0.417. The summed E-state index contributed by atoms with van der Waals surface area (Å²) in [4.78, 5) is 31.9. The van der Waals surface area contributed by atoms with Crippen molar-refractivity contribution in [2.45, 2.75) is 122 Å². The van der Waals surface area contributed by atoms with Gasteiger partial charge in [-0.2, -0.15) is 0 Å². The van der Waals surface area contributed by atoms with Gasteiger partial charge in [-0.1, -0.05) is 64.1 Å². The van der Waals surface area contributed by atoms with Gasteiger partial charge in [0.15, 0.2) is 22.3 Å². The molecule has 0 saturated carbocycles. The van der Waals surface area contributed by atoms with E-state index in [0.29, 0.717) is 0 Å². The molecular formula is C56H58N6O2. The minimum Gasteiger partial charge on any atom is -0.452 e. The van der Waals surface area contributed by atoms with Gasteiger partial charge >= 0.3 is 0 Å². The molecule has 7 aromatic rings. The number of aryl methyl sites for hydroxylation is 12. The van der Waals surface area contributed by atoms with Gasteiger partial charge in [0.05, 0.1) is 44.8 Å². The number of nitrogens with zero attached hydrogens (tertiary/aromatic N) is 6. The highest BCUT2D eigenvalue weighted by Gasteiger charge is 2.36. The van der Waals surface area contributed by atoms with Crippen LogP contribution in [0.2, 0.25) is 0 Å². The fourth-order valence-electron chi connectivity index (χ4n) is 9.38. The lowest BCUT2D eigenvalue weighted by Gasteiger charge is -2.31. The van der Waals surface area contributed by atoms with Crippen LogP contribution in [0.4, 0.5) is 0 Å². The number of fused-ring (bicyclic) bond motifs is 4. The van der Waals surface area contributed by atoms with E-state index >= 15 is 0 Å². The van der Waals surface area contributed by atoms with Crippen LogP contribution in [0.5, 0.6) is 0 Å². The lowest BCUT2D eigenvalue weighted by molar-refractivity contribution is 0.557. The predicted molar refractivity (Wildman–Crippen MR) is 263 cm³/mol. The SMILES string of the molecule is Cc1cc2c3oc4c(cc(C)c(C)c4nc(C)c4cccc(n4)c(C)nc4c(C)c(C)cc5c4oc4c(cc(C)c(C)c4nc(C)c4cccc(n4)c(C)nc3c1C)C5(C)C)C2(C)C. The third-order valence-electron chi connectivity index (χ3n) is 14.3. The molecule has 0 unspecified atom stereocenters. The Balaban J connectivity index is 1.55. The Labute approximate surface area is 375 Å². The normalized spacial score (nSPS) is 13.9. The first kappa shape index (κ1) is 42.7. The monoisotopic (exact) mass is 846 g/mol. The van der Waals surface area contributed by atoms with Gasteiger partial charge in [0.25, 0.3) is 0 Å².